The summed E-state index contributed by atoms with van der Waals surface area (Å²) in [6.45, 7) is 7.52. The monoisotopic (exact) mass is 408 g/mol. The van der Waals surface area contributed by atoms with Crippen LogP contribution in [0.1, 0.15) is 30.0 Å². The largest absolute Gasteiger partial charge is 0.324 e. The summed E-state index contributed by atoms with van der Waals surface area (Å²) in [6.07, 6.45) is 1.44. The van der Waals surface area contributed by atoms with Gasteiger partial charge in [0.15, 0.2) is 0 Å². The second-order valence-corrected chi connectivity index (χ2v) is 8.97. The molecule has 0 aliphatic heterocycles. The number of carbonyl (C=O) groups is 1. The van der Waals surface area contributed by atoms with Crippen LogP contribution >= 0.6 is 11.6 Å². The van der Waals surface area contributed by atoms with Crippen LogP contribution in [0.4, 0.5) is 11.4 Å². The predicted molar refractivity (Wildman–Crippen MR) is 112 cm³/mol. The highest BCUT2D eigenvalue weighted by Gasteiger charge is 2.31. The summed E-state index contributed by atoms with van der Waals surface area (Å²) in [5.74, 6) is -0.402. The number of aryl methyl sites for hydroxylation is 3. The molecule has 0 aliphatic carbocycles. The van der Waals surface area contributed by atoms with Gasteiger partial charge in [0.25, 0.3) is 0 Å². The second kappa shape index (κ2) is 8.31. The first-order valence-corrected chi connectivity index (χ1v) is 10.9. The summed E-state index contributed by atoms with van der Waals surface area (Å²) in [7, 11) is -3.66. The molecule has 0 fully saturated rings. The lowest BCUT2D eigenvalue weighted by molar-refractivity contribution is -0.117. The van der Waals surface area contributed by atoms with Gasteiger partial charge in [-0.3, -0.25) is 9.10 Å². The molecule has 0 aliphatic rings. The van der Waals surface area contributed by atoms with Crippen molar-refractivity contribution in [3.05, 3.63) is 58.1 Å². The van der Waals surface area contributed by atoms with Crippen LogP contribution in [0.5, 0.6) is 0 Å². The lowest BCUT2D eigenvalue weighted by Gasteiger charge is -2.30. The van der Waals surface area contributed by atoms with Crippen molar-refractivity contribution in [1.82, 2.24) is 0 Å². The van der Waals surface area contributed by atoms with E-state index >= 15 is 0 Å². The second-order valence-electron chi connectivity index (χ2n) is 6.70. The number of nitrogens with zero attached hydrogens (tertiary/aromatic N) is 1. The fourth-order valence-corrected chi connectivity index (χ4v) is 4.20. The van der Waals surface area contributed by atoms with Gasteiger partial charge in [-0.25, -0.2) is 8.42 Å². The molecule has 1 amide bonds. The summed E-state index contributed by atoms with van der Waals surface area (Å²) in [5, 5.41) is 3.32. The number of sulfonamides is 1. The normalized spacial score (nSPS) is 12.5. The highest BCUT2D eigenvalue weighted by Crippen LogP contribution is 2.26. The zero-order valence-electron chi connectivity index (χ0n) is 16.2. The molecule has 2 rings (SSSR count). The van der Waals surface area contributed by atoms with Gasteiger partial charge >= 0.3 is 0 Å². The number of amides is 1. The number of carbonyl (C=O) groups excluding carboxylic acids is 1. The van der Waals surface area contributed by atoms with Crippen LogP contribution in [-0.2, 0) is 14.8 Å². The van der Waals surface area contributed by atoms with Crippen molar-refractivity contribution in [3.63, 3.8) is 0 Å². The number of anilines is 2. The average molecular weight is 409 g/mol. The molecule has 0 aromatic heterocycles. The van der Waals surface area contributed by atoms with Gasteiger partial charge in [0, 0.05) is 10.7 Å². The van der Waals surface area contributed by atoms with E-state index in [-0.39, 0.29) is 0 Å². The Hall–Kier alpha value is -2.05. The molecule has 2 aromatic rings. The van der Waals surface area contributed by atoms with Gasteiger partial charge in [-0.2, -0.15) is 0 Å². The van der Waals surface area contributed by atoms with E-state index < -0.39 is 22.0 Å². The zero-order valence-corrected chi connectivity index (χ0v) is 17.8. The van der Waals surface area contributed by atoms with E-state index in [1.54, 1.807) is 37.3 Å². The van der Waals surface area contributed by atoms with Gasteiger partial charge in [0.2, 0.25) is 15.9 Å². The van der Waals surface area contributed by atoms with Crippen molar-refractivity contribution in [2.75, 3.05) is 15.9 Å². The Kier molecular flexibility index (Phi) is 6.54. The first-order valence-electron chi connectivity index (χ1n) is 8.68. The van der Waals surface area contributed by atoms with Crippen LogP contribution in [0.2, 0.25) is 5.02 Å². The van der Waals surface area contributed by atoms with E-state index in [1.165, 1.54) is 4.31 Å². The Morgan fingerprint density at radius 1 is 1.07 bits per heavy atom. The van der Waals surface area contributed by atoms with E-state index in [9.17, 15) is 13.2 Å². The molecule has 0 heterocycles. The SMILES string of the molecule is CC[C@H](C(=O)Nc1ccc(C)c(Cl)c1)N(c1ccc(C)c(C)c1)S(C)(=O)=O. The molecular formula is C20H25ClN2O3S. The van der Waals surface area contributed by atoms with Crippen LogP contribution in [0, 0.1) is 20.8 Å². The molecule has 0 radical (unpaired) electrons. The van der Waals surface area contributed by atoms with E-state index in [1.807, 2.05) is 26.8 Å². The Balaban J connectivity index is 2.40. The molecule has 0 bridgehead atoms. The minimum absolute atomic E-state index is 0.325. The van der Waals surface area contributed by atoms with Gasteiger partial charge in [-0.05, 0) is 68.1 Å². The molecule has 146 valence electrons. The first-order chi connectivity index (χ1) is 12.5. The fraction of sp³-hybridized carbons (Fsp3) is 0.350. The zero-order chi connectivity index (χ0) is 20.4. The maximum absolute atomic E-state index is 12.9. The molecule has 27 heavy (non-hydrogen) atoms. The highest BCUT2D eigenvalue weighted by molar-refractivity contribution is 7.92. The molecule has 1 atom stereocenters. The Morgan fingerprint density at radius 3 is 2.22 bits per heavy atom. The third-order valence-electron chi connectivity index (χ3n) is 4.51. The maximum Gasteiger partial charge on any atom is 0.248 e. The summed E-state index contributed by atoms with van der Waals surface area (Å²) in [5.41, 5.74) is 3.92. The average Bonchev–Trinajstić information content (AvgIpc) is 2.57. The van der Waals surface area contributed by atoms with Crippen molar-refractivity contribution < 1.29 is 13.2 Å². The summed E-state index contributed by atoms with van der Waals surface area (Å²) < 4.78 is 26.2. The first kappa shape index (κ1) is 21.3. The van der Waals surface area contributed by atoms with E-state index in [2.05, 4.69) is 5.32 Å². The fourth-order valence-electron chi connectivity index (χ4n) is 2.82. The van der Waals surface area contributed by atoms with Crippen molar-refractivity contribution >= 4 is 38.9 Å². The van der Waals surface area contributed by atoms with Crippen LogP contribution < -0.4 is 9.62 Å². The standard InChI is InChI=1S/C20H25ClN2O3S/c1-6-19(20(24)22-16-9-7-14(3)18(21)12-16)23(27(5,25)26)17-10-8-13(2)15(4)11-17/h7-12,19H,6H2,1-5H3,(H,22,24)/t19-/m1/s1. The Labute approximate surface area is 166 Å². The minimum atomic E-state index is -3.66. The minimum Gasteiger partial charge on any atom is -0.324 e. The number of benzene rings is 2. The quantitative estimate of drug-likeness (QED) is 0.767. The molecule has 0 saturated heterocycles. The topological polar surface area (TPSA) is 66.5 Å². The molecule has 2 aromatic carbocycles. The molecule has 0 saturated carbocycles. The lowest BCUT2D eigenvalue weighted by atomic mass is 10.1. The number of halogens is 1. The summed E-state index contributed by atoms with van der Waals surface area (Å²) in [4.78, 5) is 12.9. The summed E-state index contributed by atoms with van der Waals surface area (Å²) >= 11 is 6.12. The van der Waals surface area contributed by atoms with E-state index in [0.29, 0.717) is 22.8 Å². The summed E-state index contributed by atoms with van der Waals surface area (Å²) in [6, 6.07) is 9.69. The van der Waals surface area contributed by atoms with Gasteiger partial charge < -0.3 is 5.32 Å². The number of hydrogen-bond acceptors (Lipinski definition) is 3. The van der Waals surface area contributed by atoms with Crippen molar-refractivity contribution in [3.8, 4) is 0 Å². The van der Waals surface area contributed by atoms with Crippen LogP contribution in [-0.4, -0.2) is 26.6 Å². The van der Waals surface area contributed by atoms with E-state index in [4.69, 9.17) is 11.6 Å². The maximum atomic E-state index is 12.9. The predicted octanol–water partition coefficient (Wildman–Crippen LogP) is 4.45. The van der Waals surface area contributed by atoms with Crippen LogP contribution in [0.25, 0.3) is 0 Å². The highest BCUT2D eigenvalue weighted by atomic mass is 35.5. The van der Waals surface area contributed by atoms with Crippen LogP contribution in [0.15, 0.2) is 36.4 Å². The molecule has 0 unspecified atom stereocenters. The Morgan fingerprint density at radius 2 is 1.70 bits per heavy atom. The third-order valence-corrected chi connectivity index (χ3v) is 6.10. The van der Waals surface area contributed by atoms with Crippen molar-refractivity contribution in [1.29, 1.82) is 0 Å². The molecule has 5 nitrogen and oxygen atoms in total. The Bertz CT molecular complexity index is 958. The molecule has 7 heteroatoms. The van der Waals surface area contributed by atoms with Gasteiger partial charge in [0.05, 0.1) is 11.9 Å². The smallest absolute Gasteiger partial charge is 0.248 e. The number of hydrogen-bond donors (Lipinski definition) is 1. The van der Waals surface area contributed by atoms with Gasteiger partial charge in [-0.15, -0.1) is 0 Å². The third kappa shape index (κ3) is 5.02. The van der Waals surface area contributed by atoms with Crippen molar-refractivity contribution in [2.24, 2.45) is 0 Å². The number of nitrogens with one attached hydrogen (secondary N) is 1. The molecule has 0 spiro atoms. The van der Waals surface area contributed by atoms with Crippen LogP contribution in [0.3, 0.4) is 0 Å². The van der Waals surface area contributed by atoms with Gasteiger partial charge in [-0.1, -0.05) is 30.7 Å². The lowest BCUT2D eigenvalue weighted by Crippen LogP contribution is -2.47. The van der Waals surface area contributed by atoms with E-state index in [0.717, 1.165) is 22.9 Å². The number of rotatable bonds is 6. The molecule has 1 N–H and O–H groups in total. The molecular weight excluding hydrogens is 384 g/mol. The van der Waals surface area contributed by atoms with Gasteiger partial charge in [0.1, 0.15) is 6.04 Å². The van der Waals surface area contributed by atoms with Crippen molar-refractivity contribution in [2.45, 2.75) is 40.2 Å².